The molecule has 0 spiro atoms. The molecule has 0 saturated heterocycles. The molecular formula is C48H36N4. The molecule has 0 atom stereocenters. The fourth-order valence-electron chi connectivity index (χ4n) is 6.44. The first-order valence-corrected chi connectivity index (χ1v) is 17.4. The summed E-state index contributed by atoms with van der Waals surface area (Å²) >= 11 is 0. The number of allylic oxidation sites excluding steroid dienone is 4. The molecular weight excluding hydrogens is 633 g/mol. The van der Waals surface area contributed by atoms with Crippen LogP contribution in [0.15, 0.2) is 211 Å². The molecule has 0 unspecified atom stereocenters. The van der Waals surface area contributed by atoms with Gasteiger partial charge in [0, 0.05) is 17.1 Å². The van der Waals surface area contributed by atoms with Gasteiger partial charge in [-0.1, -0.05) is 152 Å². The van der Waals surface area contributed by atoms with E-state index in [1.165, 1.54) is 33.4 Å². The maximum absolute atomic E-state index is 8.19. The highest BCUT2D eigenvalue weighted by Gasteiger charge is 2.15. The number of nitrogens with one attached hydrogen (secondary N) is 2. The largest absolute Gasteiger partial charge is 0.310 e. The lowest BCUT2D eigenvalue weighted by atomic mass is 9.99. The van der Waals surface area contributed by atoms with Gasteiger partial charge in [-0.15, -0.1) is 0 Å². The monoisotopic (exact) mass is 668 g/mol. The summed E-state index contributed by atoms with van der Waals surface area (Å²) in [5.74, 6) is 0. The SMILES string of the molecule is N=C1C=CC=C/C1=N/Nc1cccc(N(c2ccc(-c3ccc(-c4ccccc4)cc3)cc2)c2ccc(-c3ccc(-c4ccccc4)cc3)cc2)c1. The normalized spacial score (nSPS) is 12.9. The summed E-state index contributed by atoms with van der Waals surface area (Å²) < 4.78 is 0. The van der Waals surface area contributed by atoms with Crippen molar-refractivity contribution in [2.24, 2.45) is 5.10 Å². The second-order valence-corrected chi connectivity index (χ2v) is 12.6. The lowest BCUT2D eigenvalue weighted by molar-refractivity contribution is 1.27. The van der Waals surface area contributed by atoms with Gasteiger partial charge in [-0.3, -0.25) is 10.8 Å². The third-order valence-electron chi connectivity index (χ3n) is 9.22. The van der Waals surface area contributed by atoms with Crippen LogP contribution in [0.4, 0.5) is 22.7 Å². The van der Waals surface area contributed by atoms with Gasteiger partial charge in [0.15, 0.2) is 0 Å². The minimum atomic E-state index is 0.373. The number of benzene rings is 7. The van der Waals surface area contributed by atoms with E-state index in [1.807, 2.05) is 42.5 Å². The number of hydrogen-bond acceptors (Lipinski definition) is 4. The number of rotatable bonds is 9. The summed E-state index contributed by atoms with van der Waals surface area (Å²) in [5.41, 5.74) is 17.5. The zero-order valence-electron chi connectivity index (χ0n) is 28.5. The average molecular weight is 669 g/mol. The fraction of sp³-hybridized carbons (Fsp3) is 0. The topological polar surface area (TPSA) is 51.5 Å². The number of anilines is 4. The molecule has 0 saturated carbocycles. The minimum absolute atomic E-state index is 0.373. The zero-order chi connectivity index (χ0) is 35.1. The third-order valence-corrected chi connectivity index (χ3v) is 9.22. The Kier molecular flexibility index (Phi) is 9.18. The first kappa shape index (κ1) is 32.2. The maximum atomic E-state index is 8.19. The second-order valence-electron chi connectivity index (χ2n) is 12.6. The molecule has 7 aromatic rings. The van der Waals surface area contributed by atoms with E-state index in [0.717, 1.165) is 33.9 Å². The molecule has 0 aromatic heterocycles. The van der Waals surface area contributed by atoms with Crippen LogP contribution in [0.2, 0.25) is 0 Å². The van der Waals surface area contributed by atoms with Crippen molar-refractivity contribution in [2.75, 3.05) is 10.3 Å². The van der Waals surface area contributed by atoms with Crippen LogP contribution in [0.3, 0.4) is 0 Å². The molecule has 0 bridgehead atoms. The quantitative estimate of drug-likeness (QED) is 0.119. The molecule has 1 aliphatic carbocycles. The summed E-state index contributed by atoms with van der Waals surface area (Å²) in [6, 6.07) is 64.1. The van der Waals surface area contributed by atoms with Gasteiger partial charge in [0.2, 0.25) is 0 Å². The molecule has 248 valence electrons. The molecule has 0 fully saturated rings. The molecule has 1 aliphatic rings. The predicted octanol–water partition coefficient (Wildman–Crippen LogP) is 12.7. The van der Waals surface area contributed by atoms with E-state index in [-0.39, 0.29) is 0 Å². The summed E-state index contributed by atoms with van der Waals surface area (Å²) in [6.07, 6.45) is 7.30. The Bertz CT molecular complexity index is 2260. The molecule has 0 amide bonds. The summed E-state index contributed by atoms with van der Waals surface area (Å²) in [6.45, 7) is 0. The van der Waals surface area contributed by atoms with Gasteiger partial charge in [-0.25, -0.2) is 0 Å². The van der Waals surface area contributed by atoms with Crippen molar-refractivity contribution >= 4 is 34.2 Å². The van der Waals surface area contributed by atoms with Gasteiger partial charge in [0.05, 0.1) is 11.4 Å². The average Bonchev–Trinajstić information content (AvgIpc) is 3.22. The summed E-state index contributed by atoms with van der Waals surface area (Å²) in [4.78, 5) is 2.26. The minimum Gasteiger partial charge on any atom is -0.310 e. The third kappa shape index (κ3) is 7.14. The van der Waals surface area contributed by atoms with Crippen molar-refractivity contribution in [1.29, 1.82) is 5.41 Å². The second kappa shape index (κ2) is 14.8. The molecule has 4 nitrogen and oxygen atoms in total. The standard InChI is InChI=1S/C48H36N4/c49-47-16-7-8-17-48(47)51-50-43-14-9-15-46(34-43)52(44-30-26-41(27-31-44)39-22-18-37(19-23-39)35-10-3-1-4-11-35)45-32-28-42(29-33-45)40-24-20-38(21-25-40)36-12-5-2-6-13-36/h1-34,49-50H/b49-47?,51-48-. The van der Waals surface area contributed by atoms with Gasteiger partial charge >= 0.3 is 0 Å². The van der Waals surface area contributed by atoms with Crippen LogP contribution in [0.25, 0.3) is 44.5 Å². The van der Waals surface area contributed by atoms with Crippen molar-refractivity contribution in [2.45, 2.75) is 0 Å². The predicted molar refractivity (Wildman–Crippen MR) is 220 cm³/mol. The highest BCUT2D eigenvalue weighted by Crippen LogP contribution is 2.38. The highest BCUT2D eigenvalue weighted by molar-refractivity contribution is 6.50. The van der Waals surface area contributed by atoms with Crippen LogP contribution >= 0.6 is 0 Å². The van der Waals surface area contributed by atoms with Crippen LogP contribution < -0.4 is 10.3 Å². The Balaban J connectivity index is 1.10. The molecule has 4 heteroatoms. The van der Waals surface area contributed by atoms with Gasteiger partial charge in [-0.05, 0) is 99.1 Å². The van der Waals surface area contributed by atoms with Crippen LogP contribution in [-0.4, -0.2) is 11.4 Å². The van der Waals surface area contributed by atoms with E-state index in [1.54, 1.807) is 6.08 Å². The van der Waals surface area contributed by atoms with Crippen molar-refractivity contribution in [3.63, 3.8) is 0 Å². The Morgan fingerprint density at radius 2 is 0.788 bits per heavy atom. The highest BCUT2D eigenvalue weighted by atomic mass is 15.3. The van der Waals surface area contributed by atoms with Crippen LogP contribution in [-0.2, 0) is 0 Å². The molecule has 8 rings (SSSR count). The van der Waals surface area contributed by atoms with E-state index < -0.39 is 0 Å². The van der Waals surface area contributed by atoms with Crippen molar-refractivity contribution in [3.05, 3.63) is 206 Å². The molecule has 0 radical (unpaired) electrons. The number of hydrogen-bond donors (Lipinski definition) is 2. The smallest absolute Gasteiger partial charge is 0.108 e. The summed E-state index contributed by atoms with van der Waals surface area (Å²) in [5, 5.41) is 12.7. The van der Waals surface area contributed by atoms with Gasteiger partial charge in [0.25, 0.3) is 0 Å². The van der Waals surface area contributed by atoms with E-state index in [2.05, 4.69) is 173 Å². The van der Waals surface area contributed by atoms with Crippen LogP contribution in [0, 0.1) is 5.41 Å². The first-order valence-electron chi connectivity index (χ1n) is 17.4. The maximum Gasteiger partial charge on any atom is 0.108 e. The molecule has 2 N–H and O–H groups in total. The molecule has 7 aromatic carbocycles. The van der Waals surface area contributed by atoms with Crippen LogP contribution in [0.1, 0.15) is 0 Å². The summed E-state index contributed by atoms with van der Waals surface area (Å²) in [7, 11) is 0. The Labute approximate surface area is 304 Å². The van der Waals surface area contributed by atoms with E-state index >= 15 is 0 Å². The Hall–Kier alpha value is -7.04. The van der Waals surface area contributed by atoms with E-state index in [4.69, 9.17) is 5.41 Å². The molecule has 0 heterocycles. The van der Waals surface area contributed by atoms with Crippen molar-refractivity contribution in [3.8, 4) is 44.5 Å². The molecule has 0 aliphatic heterocycles. The zero-order valence-corrected chi connectivity index (χ0v) is 28.5. The fourth-order valence-corrected chi connectivity index (χ4v) is 6.44. The lowest BCUT2D eigenvalue weighted by Gasteiger charge is -2.26. The van der Waals surface area contributed by atoms with Gasteiger partial charge in [-0.2, -0.15) is 5.10 Å². The van der Waals surface area contributed by atoms with Gasteiger partial charge in [0.1, 0.15) is 5.71 Å². The Morgan fingerprint density at radius 3 is 1.23 bits per heavy atom. The van der Waals surface area contributed by atoms with E-state index in [9.17, 15) is 0 Å². The van der Waals surface area contributed by atoms with Crippen LogP contribution in [0.5, 0.6) is 0 Å². The van der Waals surface area contributed by atoms with Gasteiger partial charge < -0.3 is 4.90 Å². The first-order chi connectivity index (χ1) is 25.7. The Morgan fingerprint density at radius 1 is 0.385 bits per heavy atom. The van der Waals surface area contributed by atoms with Crippen molar-refractivity contribution < 1.29 is 0 Å². The van der Waals surface area contributed by atoms with E-state index in [0.29, 0.717) is 11.4 Å². The lowest BCUT2D eigenvalue weighted by Crippen LogP contribution is -2.12. The van der Waals surface area contributed by atoms with Crippen molar-refractivity contribution in [1.82, 2.24) is 0 Å². The number of nitrogens with zero attached hydrogens (tertiary/aromatic N) is 2. The number of hydrazone groups is 1. The molecule has 52 heavy (non-hydrogen) atoms.